The van der Waals surface area contributed by atoms with E-state index in [0.29, 0.717) is 0 Å². The summed E-state index contributed by atoms with van der Waals surface area (Å²) in [6.45, 7) is 7.17. The molecule has 0 aromatic heterocycles. The maximum atomic E-state index is 5.72. The van der Waals surface area contributed by atoms with Crippen LogP contribution in [0.25, 0.3) is 0 Å². The van der Waals surface area contributed by atoms with E-state index in [0.717, 1.165) is 45.0 Å². The molecule has 0 saturated heterocycles. The zero-order valence-electron chi connectivity index (χ0n) is 9.91. The van der Waals surface area contributed by atoms with E-state index in [1.807, 2.05) is 6.07 Å². The van der Waals surface area contributed by atoms with Gasteiger partial charge in [-0.15, -0.1) is 0 Å². The fourth-order valence-electron chi connectivity index (χ4n) is 2.02. The zero-order chi connectivity index (χ0) is 11.2. The van der Waals surface area contributed by atoms with Gasteiger partial charge >= 0.3 is 0 Å². The Hall–Kier alpha value is -1.22. The Morgan fingerprint density at radius 1 is 1.38 bits per heavy atom. The molecule has 0 bridgehead atoms. The molecule has 0 spiro atoms. The number of likely N-dealkylation sites (N-methyl/N-ethyl adjacent to an activating group) is 1. The van der Waals surface area contributed by atoms with Crippen LogP contribution in [0.1, 0.15) is 13.3 Å². The minimum atomic E-state index is 0.828. The molecule has 0 fully saturated rings. The Labute approximate surface area is 97.4 Å². The minimum absolute atomic E-state index is 0.828. The molecule has 88 valence electrons. The Morgan fingerprint density at radius 3 is 3.12 bits per heavy atom. The summed E-state index contributed by atoms with van der Waals surface area (Å²) in [5.41, 5.74) is 1.23. The van der Waals surface area contributed by atoms with Gasteiger partial charge in [0, 0.05) is 19.6 Å². The van der Waals surface area contributed by atoms with E-state index in [2.05, 4.69) is 35.3 Å². The van der Waals surface area contributed by atoms with E-state index in [9.17, 15) is 0 Å². The number of hydrogen-bond acceptors (Lipinski definition) is 3. The predicted octanol–water partition coefficient (Wildman–Crippen LogP) is 1.88. The first-order valence-electron chi connectivity index (χ1n) is 6.09. The van der Waals surface area contributed by atoms with Crippen molar-refractivity contribution in [3.8, 4) is 5.75 Å². The van der Waals surface area contributed by atoms with Gasteiger partial charge in [0.05, 0.1) is 12.3 Å². The Balaban J connectivity index is 2.06. The van der Waals surface area contributed by atoms with E-state index in [1.54, 1.807) is 0 Å². The van der Waals surface area contributed by atoms with Gasteiger partial charge in [-0.05, 0) is 25.1 Å². The lowest BCUT2D eigenvalue weighted by Crippen LogP contribution is -2.32. The number of hydrogen-bond donors (Lipinski definition) is 1. The van der Waals surface area contributed by atoms with Crippen LogP contribution >= 0.6 is 0 Å². The number of rotatable bonds is 4. The molecule has 2 rings (SSSR count). The summed E-state index contributed by atoms with van der Waals surface area (Å²) < 4.78 is 5.72. The molecule has 1 aromatic carbocycles. The molecule has 1 aromatic rings. The number of anilines is 1. The van der Waals surface area contributed by atoms with Gasteiger partial charge in [-0.25, -0.2) is 0 Å². The van der Waals surface area contributed by atoms with E-state index < -0.39 is 0 Å². The molecule has 3 nitrogen and oxygen atoms in total. The van der Waals surface area contributed by atoms with Crippen molar-refractivity contribution in [1.29, 1.82) is 0 Å². The van der Waals surface area contributed by atoms with Crippen molar-refractivity contribution in [3.05, 3.63) is 24.3 Å². The highest BCUT2D eigenvalue weighted by Crippen LogP contribution is 2.29. The van der Waals surface area contributed by atoms with Crippen LogP contribution in [0.15, 0.2) is 24.3 Å². The molecule has 1 heterocycles. The lowest BCUT2D eigenvalue weighted by Gasteiger charge is -2.23. The summed E-state index contributed by atoms with van der Waals surface area (Å²) in [6, 6.07) is 8.31. The van der Waals surface area contributed by atoms with Crippen LogP contribution in [0.2, 0.25) is 0 Å². The lowest BCUT2D eigenvalue weighted by molar-refractivity contribution is 0.322. The Kier molecular flexibility index (Phi) is 4.05. The summed E-state index contributed by atoms with van der Waals surface area (Å²) in [4.78, 5) is 2.41. The van der Waals surface area contributed by atoms with Crippen molar-refractivity contribution in [3.63, 3.8) is 0 Å². The second kappa shape index (κ2) is 5.75. The number of nitrogens with zero attached hydrogens (tertiary/aromatic N) is 1. The largest absolute Gasteiger partial charge is 0.491 e. The fourth-order valence-corrected chi connectivity index (χ4v) is 2.02. The highest BCUT2D eigenvalue weighted by Gasteiger charge is 2.14. The third-order valence-electron chi connectivity index (χ3n) is 2.84. The number of benzene rings is 1. The fraction of sp³-hybridized carbons (Fsp3) is 0.538. The maximum Gasteiger partial charge on any atom is 0.142 e. The van der Waals surface area contributed by atoms with Gasteiger partial charge in [0.1, 0.15) is 5.75 Å². The summed E-state index contributed by atoms with van der Waals surface area (Å²) in [7, 11) is 0. The molecule has 1 aliphatic rings. The third-order valence-corrected chi connectivity index (χ3v) is 2.84. The van der Waals surface area contributed by atoms with Crippen molar-refractivity contribution >= 4 is 5.69 Å². The molecule has 0 atom stereocenters. The maximum absolute atomic E-state index is 5.72. The molecule has 1 aliphatic heterocycles. The van der Waals surface area contributed by atoms with Gasteiger partial charge in [-0.2, -0.15) is 0 Å². The third kappa shape index (κ3) is 2.67. The van der Waals surface area contributed by atoms with Gasteiger partial charge in [-0.1, -0.05) is 19.1 Å². The van der Waals surface area contributed by atoms with E-state index in [4.69, 9.17) is 4.74 Å². The average Bonchev–Trinajstić information content (AvgIpc) is 2.52. The molecule has 3 heteroatoms. The van der Waals surface area contributed by atoms with Crippen molar-refractivity contribution in [2.75, 3.05) is 37.7 Å². The van der Waals surface area contributed by atoms with Crippen molar-refractivity contribution in [1.82, 2.24) is 5.32 Å². The highest BCUT2D eigenvalue weighted by molar-refractivity contribution is 5.58. The number of nitrogens with one attached hydrogen (secondary N) is 1. The predicted molar refractivity (Wildman–Crippen MR) is 67.3 cm³/mol. The molecular weight excluding hydrogens is 200 g/mol. The summed E-state index contributed by atoms with van der Waals surface area (Å²) in [5.74, 6) is 1.02. The SMILES string of the molecule is CCNCCN1CCCOc2ccccc21. The van der Waals surface area contributed by atoms with E-state index >= 15 is 0 Å². The summed E-state index contributed by atoms with van der Waals surface area (Å²) >= 11 is 0. The van der Waals surface area contributed by atoms with Crippen LogP contribution in [0.3, 0.4) is 0 Å². The molecule has 0 radical (unpaired) electrons. The zero-order valence-corrected chi connectivity index (χ0v) is 9.91. The van der Waals surface area contributed by atoms with E-state index in [-0.39, 0.29) is 0 Å². The van der Waals surface area contributed by atoms with Crippen molar-refractivity contribution in [2.24, 2.45) is 0 Å². The molecular formula is C13H20N2O. The average molecular weight is 220 g/mol. The molecule has 0 aliphatic carbocycles. The minimum Gasteiger partial charge on any atom is -0.491 e. The number of fused-ring (bicyclic) bond motifs is 1. The first kappa shape index (κ1) is 11.3. The quantitative estimate of drug-likeness (QED) is 0.784. The van der Waals surface area contributed by atoms with Crippen LogP contribution < -0.4 is 15.0 Å². The van der Waals surface area contributed by atoms with Gasteiger partial charge in [-0.3, -0.25) is 0 Å². The number of ether oxygens (including phenoxy) is 1. The Bertz CT molecular complexity index is 327. The topological polar surface area (TPSA) is 24.5 Å². The van der Waals surface area contributed by atoms with Gasteiger partial charge in [0.25, 0.3) is 0 Å². The Morgan fingerprint density at radius 2 is 2.25 bits per heavy atom. The van der Waals surface area contributed by atoms with Crippen LogP contribution in [-0.4, -0.2) is 32.8 Å². The summed E-state index contributed by atoms with van der Waals surface area (Å²) in [5, 5.41) is 3.36. The molecule has 0 saturated carbocycles. The van der Waals surface area contributed by atoms with Gasteiger partial charge in [0.15, 0.2) is 0 Å². The summed E-state index contributed by atoms with van der Waals surface area (Å²) in [6.07, 6.45) is 1.10. The first-order valence-corrected chi connectivity index (χ1v) is 6.09. The monoisotopic (exact) mass is 220 g/mol. The van der Waals surface area contributed by atoms with Crippen LogP contribution in [-0.2, 0) is 0 Å². The van der Waals surface area contributed by atoms with Crippen molar-refractivity contribution < 1.29 is 4.74 Å². The highest BCUT2D eigenvalue weighted by atomic mass is 16.5. The molecule has 0 unspecified atom stereocenters. The smallest absolute Gasteiger partial charge is 0.142 e. The first-order chi connectivity index (χ1) is 7.92. The van der Waals surface area contributed by atoms with Crippen molar-refractivity contribution in [2.45, 2.75) is 13.3 Å². The lowest BCUT2D eigenvalue weighted by atomic mass is 10.2. The second-order valence-electron chi connectivity index (χ2n) is 4.01. The molecule has 0 amide bonds. The van der Waals surface area contributed by atoms with Crippen LogP contribution in [0.5, 0.6) is 5.75 Å². The molecule has 16 heavy (non-hydrogen) atoms. The number of para-hydroxylation sites is 2. The standard InChI is InChI=1S/C13H20N2O/c1-2-14-8-10-15-9-5-11-16-13-7-4-3-6-12(13)15/h3-4,6-7,14H,2,5,8-11H2,1H3. The van der Waals surface area contributed by atoms with Gasteiger partial charge < -0.3 is 15.0 Å². The van der Waals surface area contributed by atoms with Crippen LogP contribution in [0, 0.1) is 0 Å². The normalized spacial score (nSPS) is 15.2. The second-order valence-corrected chi connectivity index (χ2v) is 4.01. The van der Waals surface area contributed by atoms with Crippen LogP contribution in [0.4, 0.5) is 5.69 Å². The van der Waals surface area contributed by atoms with Gasteiger partial charge in [0.2, 0.25) is 0 Å². The molecule has 1 N–H and O–H groups in total. The van der Waals surface area contributed by atoms with E-state index in [1.165, 1.54) is 5.69 Å².